The molecule has 0 fully saturated rings. The van der Waals surface area contributed by atoms with Gasteiger partial charge < -0.3 is 9.84 Å². The highest BCUT2D eigenvalue weighted by Crippen LogP contribution is 2.07. The summed E-state index contributed by atoms with van der Waals surface area (Å²) in [5, 5.41) is 9.02. The predicted molar refractivity (Wildman–Crippen MR) is 58.1 cm³/mol. The minimum atomic E-state index is -0.469. The molecule has 1 aromatic carbocycles. The zero-order valence-electron chi connectivity index (χ0n) is 8.64. The number of aliphatic hydroxyl groups excluding tert-OH is 1. The fraction of sp³-hybridized carbons (Fsp3) is 0.250. The van der Waals surface area contributed by atoms with Crippen molar-refractivity contribution in [2.24, 2.45) is 0 Å². The van der Waals surface area contributed by atoms with Crippen molar-refractivity contribution >= 4 is 12.0 Å². The maximum absolute atomic E-state index is 11.3. The van der Waals surface area contributed by atoms with E-state index in [2.05, 4.69) is 0 Å². The molecular weight excluding hydrogens is 192 g/mol. The van der Waals surface area contributed by atoms with E-state index in [-0.39, 0.29) is 12.2 Å². The molecule has 0 unspecified atom stereocenters. The lowest BCUT2D eigenvalue weighted by Gasteiger charge is -2.03. The first-order chi connectivity index (χ1) is 7.27. The number of esters is 1. The number of benzene rings is 1. The van der Waals surface area contributed by atoms with Gasteiger partial charge in [-0.2, -0.15) is 0 Å². The molecule has 3 heteroatoms. The molecule has 0 amide bonds. The monoisotopic (exact) mass is 206 g/mol. The molecule has 0 spiro atoms. The molecule has 15 heavy (non-hydrogen) atoms. The van der Waals surface area contributed by atoms with Gasteiger partial charge in [-0.15, -0.1) is 0 Å². The summed E-state index contributed by atoms with van der Waals surface area (Å²) in [7, 11) is 0. The number of carbonyl (C=O) groups is 1. The molecule has 0 heterocycles. The molecule has 3 nitrogen and oxygen atoms in total. The molecule has 0 radical (unpaired) electrons. The van der Waals surface area contributed by atoms with Gasteiger partial charge >= 0.3 is 5.97 Å². The first-order valence-corrected chi connectivity index (χ1v) is 4.81. The van der Waals surface area contributed by atoms with E-state index in [1.165, 1.54) is 0 Å². The summed E-state index contributed by atoms with van der Waals surface area (Å²) in [6.07, 6.45) is 1.62. The average molecular weight is 206 g/mol. The zero-order chi connectivity index (χ0) is 11.1. The molecule has 0 aliphatic carbocycles. The topological polar surface area (TPSA) is 46.5 Å². The van der Waals surface area contributed by atoms with E-state index in [0.717, 1.165) is 5.56 Å². The van der Waals surface area contributed by atoms with Gasteiger partial charge in [-0.3, -0.25) is 0 Å². The molecule has 0 aliphatic rings. The van der Waals surface area contributed by atoms with Gasteiger partial charge in [0.05, 0.1) is 18.8 Å². The summed E-state index contributed by atoms with van der Waals surface area (Å²) in [5.74, 6) is -0.469. The normalized spacial score (nSPS) is 11.2. The first-order valence-electron chi connectivity index (χ1n) is 4.81. The summed E-state index contributed by atoms with van der Waals surface area (Å²) >= 11 is 0. The summed E-state index contributed by atoms with van der Waals surface area (Å²) in [4.78, 5) is 11.3. The average Bonchev–Trinajstić information content (AvgIpc) is 2.27. The highest BCUT2D eigenvalue weighted by molar-refractivity contribution is 5.93. The third-order valence-electron chi connectivity index (χ3n) is 1.85. The largest absolute Gasteiger partial charge is 0.463 e. The zero-order valence-corrected chi connectivity index (χ0v) is 8.64. The van der Waals surface area contributed by atoms with Gasteiger partial charge in [0.2, 0.25) is 0 Å². The van der Waals surface area contributed by atoms with Crippen LogP contribution in [-0.4, -0.2) is 24.3 Å². The second-order valence-corrected chi connectivity index (χ2v) is 2.96. The summed E-state index contributed by atoms with van der Waals surface area (Å²) in [6.45, 7) is 1.73. The Kier molecular flexibility index (Phi) is 4.57. The molecule has 1 rings (SSSR count). The van der Waals surface area contributed by atoms with E-state index in [0.29, 0.717) is 6.61 Å². The van der Waals surface area contributed by atoms with Crippen LogP contribution in [0.5, 0.6) is 0 Å². The van der Waals surface area contributed by atoms with Crippen LogP contribution in [0.15, 0.2) is 35.9 Å². The van der Waals surface area contributed by atoms with Crippen LogP contribution >= 0.6 is 0 Å². The van der Waals surface area contributed by atoms with Crippen molar-refractivity contribution in [2.45, 2.75) is 6.92 Å². The SMILES string of the molecule is CCOC(=O)/C(=C/c1ccccc1)CO. The van der Waals surface area contributed by atoms with Crippen LogP contribution in [0.4, 0.5) is 0 Å². The Labute approximate surface area is 89.0 Å². The molecule has 1 aromatic rings. The van der Waals surface area contributed by atoms with E-state index >= 15 is 0 Å². The fourth-order valence-electron chi connectivity index (χ4n) is 1.14. The van der Waals surface area contributed by atoms with Gasteiger partial charge in [0.25, 0.3) is 0 Å². The minimum Gasteiger partial charge on any atom is -0.463 e. The van der Waals surface area contributed by atoms with Crippen LogP contribution in [0.2, 0.25) is 0 Å². The second-order valence-electron chi connectivity index (χ2n) is 2.96. The van der Waals surface area contributed by atoms with Crippen LogP contribution in [-0.2, 0) is 9.53 Å². The summed E-state index contributed by atoms with van der Waals surface area (Å²) in [5.41, 5.74) is 1.14. The van der Waals surface area contributed by atoms with Crippen molar-refractivity contribution in [1.82, 2.24) is 0 Å². The van der Waals surface area contributed by atoms with Gasteiger partial charge in [-0.1, -0.05) is 30.3 Å². The van der Waals surface area contributed by atoms with Crippen molar-refractivity contribution < 1.29 is 14.6 Å². The van der Waals surface area contributed by atoms with Crippen LogP contribution in [0.1, 0.15) is 12.5 Å². The molecule has 0 aromatic heterocycles. The van der Waals surface area contributed by atoms with Gasteiger partial charge in [0.1, 0.15) is 0 Å². The van der Waals surface area contributed by atoms with E-state index < -0.39 is 5.97 Å². The number of hydrogen-bond donors (Lipinski definition) is 1. The van der Waals surface area contributed by atoms with Crippen LogP contribution < -0.4 is 0 Å². The van der Waals surface area contributed by atoms with Crippen molar-refractivity contribution in [3.63, 3.8) is 0 Å². The fourth-order valence-corrected chi connectivity index (χ4v) is 1.14. The predicted octanol–water partition coefficient (Wildman–Crippen LogP) is 1.63. The minimum absolute atomic E-state index is 0.267. The molecular formula is C12H14O3. The Morgan fingerprint density at radius 3 is 2.60 bits per heavy atom. The number of aliphatic hydroxyl groups is 1. The van der Waals surface area contributed by atoms with Crippen molar-refractivity contribution in [1.29, 1.82) is 0 Å². The van der Waals surface area contributed by atoms with Gasteiger partial charge in [-0.25, -0.2) is 4.79 Å². The molecule has 0 bridgehead atoms. The van der Waals surface area contributed by atoms with Crippen molar-refractivity contribution in [2.75, 3.05) is 13.2 Å². The number of hydrogen-bond acceptors (Lipinski definition) is 3. The van der Waals surface area contributed by atoms with E-state index in [4.69, 9.17) is 9.84 Å². The highest BCUT2D eigenvalue weighted by Gasteiger charge is 2.08. The Morgan fingerprint density at radius 1 is 1.40 bits per heavy atom. The van der Waals surface area contributed by atoms with E-state index in [1.807, 2.05) is 30.3 Å². The lowest BCUT2D eigenvalue weighted by Crippen LogP contribution is -2.10. The molecule has 0 saturated heterocycles. The number of rotatable bonds is 4. The standard InChI is InChI=1S/C12H14O3/c1-2-15-12(14)11(9-13)8-10-6-4-3-5-7-10/h3-8,13H,2,9H2,1H3/b11-8+. The molecule has 0 saturated carbocycles. The van der Waals surface area contributed by atoms with Gasteiger partial charge in [-0.05, 0) is 18.6 Å². The van der Waals surface area contributed by atoms with Crippen LogP contribution in [0, 0.1) is 0 Å². The van der Waals surface area contributed by atoms with Crippen LogP contribution in [0.3, 0.4) is 0 Å². The first kappa shape index (κ1) is 11.5. The number of carbonyl (C=O) groups excluding carboxylic acids is 1. The molecule has 80 valence electrons. The summed E-state index contributed by atoms with van der Waals surface area (Å²) < 4.78 is 4.80. The van der Waals surface area contributed by atoms with Gasteiger partial charge in [0, 0.05) is 0 Å². The van der Waals surface area contributed by atoms with Crippen molar-refractivity contribution in [3.8, 4) is 0 Å². The Balaban J connectivity index is 2.83. The second kappa shape index (κ2) is 5.98. The lowest BCUT2D eigenvalue weighted by atomic mass is 10.1. The van der Waals surface area contributed by atoms with Crippen molar-refractivity contribution in [3.05, 3.63) is 41.5 Å². The third kappa shape index (κ3) is 3.56. The smallest absolute Gasteiger partial charge is 0.336 e. The maximum atomic E-state index is 11.3. The Hall–Kier alpha value is -1.61. The molecule has 1 N–H and O–H groups in total. The Bertz CT molecular complexity index is 341. The van der Waals surface area contributed by atoms with E-state index in [1.54, 1.807) is 13.0 Å². The summed E-state index contributed by atoms with van der Waals surface area (Å²) in [6, 6.07) is 9.34. The quantitative estimate of drug-likeness (QED) is 0.601. The van der Waals surface area contributed by atoms with Crippen LogP contribution in [0.25, 0.3) is 6.08 Å². The molecule has 0 atom stereocenters. The third-order valence-corrected chi connectivity index (χ3v) is 1.85. The Morgan fingerprint density at radius 2 is 2.07 bits per heavy atom. The maximum Gasteiger partial charge on any atom is 0.336 e. The van der Waals surface area contributed by atoms with E-state index in [9.17, 15) is 4.79 Å². The lowest BCUT2D eigenvalue weighted by molar-refractivity contribution is -0.138. The highest BCUT2D eigenvalue weighted by atomic mass is 16.5. The van der Waals surface area contributed by atoms with Gasteiger partial charge in [0.15, 0.2) is 0 Å². The molecule has 0 aliphatic heterocycles. The number of ether oxygens (including phenoxy) is 1.